The molecule has 2 N–H and O–H groups in total. The first-order valence-electron chi connectivity index (χ1n) is 9.80. The number of anilines is 1. The molecule has 9 heteroatoms. The van der Waals surface area contributed by atoms with Crippen molar-refractivity contribution in [2.24, 2.45) is 5.92 Å². The second-order valence-electron chi connectivity index (χ2n) is 8.33. The van der Waals surface area contributed by atoms with Gasteiger partial charge < -0.3 is 20.3 Å². The molecule has 0 aliphatic carbocycles. The van der Waals surface area contributed by atoms with Gasteiger partial charge in [0.15, 0.2) is 5.67 Å². The van der Waals surface area contributed by atoms with Crippen LogP contribution in [0.1, 0.15) is 34.7 Å². The molecule has 5 rings (SSSR count). The van der Waals surface area contributed by atoms with Gasteiger partial charge in [-0.25, -0.2) is 8.78 Å². The number of fused-ring (bicyclic) bond motifs is 2. The Morgan fingerprint density at radius 2 is 1.93 bits per heavy atom. The number of nitrogens with zero attached hydrogens (tertiary/aromatic N) is 1. The number of halogens is 2. The molecule has 29 heavy (non-hydrogen) atoms. The van der Waals surface area contributed by atoms with Crippen LogP contribution < -0.4 is 10.6 Å². The van der Waals surface area contributed by atoms with E-state index in [9.17, 15) is 23.2 Å². The van der Waals surface area contributed by atoms with Crippen LogP contribution >= 0.6 is 0 Å². The fourth-order valence-electron chi connectivity index (χ4n) is 4.98. The topological polar surface area (TPSA) is 87.7 Å². The van der Waals surface area contributed by atoms with Crippen LogP contribution in [0, 0.1) is 5.92 Å². The van der Waals surface area contributed by atoms with Crippen molar-refractivity contribution in [3.05, 3.63) is 29.3 Å². The minimum Gasteiger partial charge on any atom is -0.381 e. The summed E-state index contributed by atoms with van der Waals surface area (Å²) in [5.41, 5.74) is -3.50. The average molecular weight is 405 g/mol. The lowest BCUT2D eigenvalue weighted by Crippen LogP contribution is -2.47. The number of hydrogen-bond acceptors (Lipinski definition) is 4. The highest BCUT2D eigenvalue weighted by molar-refractivity contribution is 6.05. The standard InChI is InChI=1S/C20H21F2N3O4/c21-19-8-23-18(28)20(19,22)10-25(9-19)17(27)12-1-2-14-13(7-12)15(16(26)24-14)11-3-5-29-6-4-11/h1-2,7,11,15H,3-6,8-10H2,(H,23,28)(H,24,26)/t15-,19+,20+/m0/s1. The Kier molecular flexibility index (Phi) is 3.96. The van der Waals surface area contributed by atoms with Crippen molar-refractivity contribution in [1.82, 2.24) is 10.2 Å². The van der Waals surface area contributed by atoms with E-state index in [-0.39, 0.29) is 23.3 Å². The van der Waals surface area contributed by atoms with E-state index in [0.29, 0.717) is 18.9 Å². The van der Waals surface area contributed by atoms with E-state index in [4.69, 9.17) is 4.74 Å². The highest BCUT2D eigenvalue weighted by atomic mass is 19.2. The van der Waals surface area contributed by atoms with Crippen LogP contribution in [0.15, 0.2) is 18.2 Å². The van der Waals surface area contributed by atoms with Gasteiger partial charge in [0.05, 0.1) is 25.6 Å². The maximum absolute atomic E-state index is 14.9. The van der Waals surface area contributed by atoms with E-state index >= 15 is 0 Å². The van der Waals surface area contributed by atoms with Gasteiger partial charge in [-0.2, -0.15) is 0 Å². The molecule has 0 bridgehead atoms. The SMILES string of the molecule is O=C1Nc2ccc(C(=O)N3C[C@]4(F)CNC(=O)[C@]4(F)C3)cc2[C@@H]1C1CCOCC1. The highest BCUT2D eigenvalue weighted by Gasteiger charge is 2.69. The van der Waals surface area contributed by atoms with Gasteiger partial charge in [0.2, 0.25) is 11.6 Å². The number of likely N-dealkylation sites (tertiary alicyclic amines) is 1. The van der Waals surface area contributed by atoms with Crippen LogP contribution in [0.3, 0.4) is 0 Å². The van der Waals surface area contributed by atoms with Gasteiger partial charge in [-0.05, 0) is 42.5 Å². The van der Waals surface area contributed by atoms with Crippen LogP contribution in [0.2, 0.25) is 0 Å². The Hall–Kier alpha value is -2.55. The number of rotatable bonds is 2. The number of nitrogens with one attached hydrogen (secondary N) is 2. The van der Waals surface area contributed by atoms with Crippen LogP contribution in [0.4, 0.5) is 14.5 Å². The molecule has 0 spiro atoms. The normalized spacial score (nSPS) is 34.0. The van der Waals surface area contributed by atoms with Crippen LogP contribution in [-0.2, 0) is 14.3 Å². The maximum atomic E-state index is 14.9. The van der Waals surface area contributed by atoms with Crippen molar-refractivity contribution in [3.8, 4) is 0 Å². The fraction of sp³-hybridized carbons (Fsp3) is 0.550. The molecule has 4 aliphatic rings. The predicted octanol–water partition coefficient (Wildman–Crippen LogP) is 1.15. The van der Waals surface area contributed by atoms with E-state index in [2.05, 4.69) is 10.6 Å². The Labute approximate surface area is 165 Å². The zero-order valence-corrected chi connectivity index (χ0v) is 15.7. The fourth-order valence-corrected chi connectivity index (χ4v) is 4.98. The Bertz CT molecular complexity index is 919. The molecule has 3 fully saturated rings. The number of ether oxygens (including phenoxy) is 1. The number of alkyl halides is 2. The van der Waals surface area contributed by atoms with E-state index in [1.807, 2.05) is 0 Å². The number of benzene rings is 1. The zero-order chi connectivity index (χ0) is 20.4. The summed E-state index contributed by atoms with van der Waals surface area (Å²) in [6.45, 7) is -0.365. The second-order valence-corrected chi connectivity index (χ2v) is 8.33. The predicted molar refractivity (Wildman–Crippen MR) is 97.9 cm³/mol. The van der Waals surface area contributed by atoms with Gasteiger partial charge in [-0.3, -0.25) is 14.4 Å². The van der Waals surface area contributed by atoms with Crippen molar-refractivity contribution >= 4 is 23.4 Å². The molecule has 4 heterocycles. The quantitative estimate of drug-likeness (QED) is 0.773. The molecule has 3 atom stereocenters. The van der Waals surface area contributed by atoms with Crippen molar-refractivity contribution in [1.29, 1.82) is 0 Å². The molecule has 0 aromatic heterocycles. The summed E-state index contributed by atoms with van der Waals surface area (Å²) in [5.74, 6) is -1.92. The molecule has 3 saturated heterocycles. The summed E-state index contributed by atoms with van der Waals surface area (Å²) in [7, 11) is 0. The lowest BCUT2D eigenvalue weighted by atomic mass is 9.81. The first-order valence-corrected chi connectivity index (χ1v) is 9.80. The van der Waals surface area contributed by atoms with Gasteiger partial charge >= 0.3 is 0 Å². The minimum atomic E-state index is -2.72. The van der Waals surface area contributed by atoms with Crippen LogP contribution in [-0.4, -0.2) is 66.8 Å². The van der Waals surface area contributed by atoms with E-state index in [1.54, 1.807) is 12.1 Å². The van der Waals surface area contributed by atoms with Crippen molar-refractivity contribution in [2.45, 2.75) is 30.1 Å². The molecule has 0 radical (unpaired) electrons. The molecule has 0 unspecified atom stereocenters. The third kappa shape index (κ3) is 2.59. The highest BCUT2D eigenvalue weighted by Crippen LogP contribution is 2.44. The molecule has 7 nitrogen and oxygen atoms in total. The molecule has 0 saturated carbocycles. The Morgan fingerprint density at radius 1 is 1.17 bits per heavy atom. The van der Waals surface area contributed by atoms with Crippen LogP contribution in [0.5, 0.6) is 0 Å². The van der Waals surface area contributed by atoms with E-state index in [1.165, 1.54) is 6.07 Å². The molecular formula is C20H21F2N3O4. The smallest absolute Gasteiger partial charge is 0.263 e. The molecule has 154 valence electrons. The zero-order valence-electron chi connectivity index (χ0n) is 15.7. The molecule has 4 aliphatic heterocycles. The summed E-state index contributed by atoms with van der Waals surface area (Å²) >= 11 is 0. The minimum absolute atomic E-state index is 0.103. The van der Waals surface area contributed by atoms with E-state index in [0.717, 1.165) is 23.3 Å². The Balaban J connectivity index is 1.42. The summed E-state index contributed by atoms with van der Waals surface area (Å²) in [6, 6.07) is 4.83. The number of carbonyl (C=O) groups excluding carboxylic acids is 3. The summed E-state index contributed by atoms with van der Waals surface area (Å²) < 4.78 is 35.2. The Morgan fingerprint density at radius 3 is 2.66 bits per heavy atom. The van der Waals surface area contributed by atoms with Crippen molar-refractivity contribution < 1.29 is 27.9 Å². The van der Waals surface area contributed by atoms with Gasteiger partial charge in [-0.15, -0.1) is 0 Å². The van der Waals surface area contributed by atoms with Gasteiger partial charge in [0.1, 0.15) is 0 Å². The number of carbonyl (C=O) groups is 3. The van der Waals surface area contributed by atoms with Crippen molar-refractivity contribution in [2.75, 3.05) is 38.2 Å². The van der Waals surface area contributed by atoms with Crippen molar-refractivity contribution in [3.63, 3.8) is 0 Å². The summed E-state index contributed by atoms with van der Waals surface area (Å²) in [6.07, 6.45) is 1.51. The van der Waals surface area contributed by atoms with Gasteiger partial charge in [-0.1, -0.05) is 0 Å². The first-order chi connectivity index (χ1) is 13.8. The summed E-state index contributed by atoms with van der Waals surface area (Å²) in [5, 5.41) is 5.05. The third-order valence-corrected chi connectivity index (χ3v) is 6.65. The molecule has 1 aromatic carbocycles. The molecule has 3 amide bonds. The van der Waals surface area contributed by atoms with Gasteiger partial charge in [0.25, 0.3) is 11.8 Å². The van der Waals surface area contributed by atoms with Gasteiger partial charge in [0, 0.05) is 24.5 Å². The third-order valence-electron chi connectivity index (χ3n) is 6.65. The average Bonchev–Trinajstić information content (AvgIpc) is 3.26. The maximum Gasteiger partial charge on any atom is 0.263 e. The number of hydrogen-bond donors (Lipinski definition) is 2. The van der Waals surface area contributed by atoms with E-state index < -0.39 is 42.8 Å². The largest absolute Gasteiger partial charge is 0.381 e. The lowest BCUT2D eigenvalue weighted by molar-refractivity contribution is -0.132. The molecular weight excluding hydrogens is 384 g/mol. The van der Waals surface area contributed by atoms with Crippen LogP contribution in [0.25, 0.3) is 0 Å². The summed E-state index contributed by atoms with van der Waals surface area (Å²) in [4.78, 5) is 38.3. The lowest BCUT2D eigenvalue weighted by Gasteiger charge is -2.26. The first kappa shape index (κ1) is 18.5. The molecule has 1 aromatic rings. The monoisotopic (exact) mass is 405 g/mol. The second kappa shape index (κ2) is 6.22. The number of amides is 3.